The first-order valence-corrected chi connectivity index (χ1v) is 11.0. The van der Waals surface area contributed by atoms with Crippen LogP contribution in [0.2, 0.25) is 0 Å². The van der Waals surface area contributed by atoms with Crippen molar-refractivity contribution in [3.05, 3.63) is 47.3 Å². The lowest BCUT2D eigenvalue weighted by atomic mass is 9.78. The first kappa shape index (κ1) is 18.9. The van der Waals surface area contributed by atoms with Gasteiger partial charge in [-0.25, -0.2) is 0 Å². The van der Waals surface area contributed by atoms with Gasteiger partial charge in [0.2, 0.25) is 0 Å². The topological polar surface area (TPSA) is 71.4 Å². The van der Waals surface area contributed by atoms with Gasteiger partial charge in [-0.1, -0.05) is 6.07 Å². The van der Waals surface area contributed by atoms with Crippen molar-refractivity contribution in [2.75, 3.05) is 13.1 Å². The SMILES string of the molecule is Cc1ccc(O[C@@H]2C[C@@H]3CN(Cc4ccc5nsnc5c4)C[C@@H]3C[C@H]2O)c(C)n1. The second-order valence-corrected chi connectivity index (χ2v) is 9.06. The molecule has 3 heterocycles. The first-order valence-electron chi connectivity index (χ1n) is 10.3. The summed E-state index contributed by atoms with van der Waals surface area (Å²) >= 11 is 1.26. The van der Waals surface area contributed by atoms with E-state index in [1.807, 2.05) is 26.0 Å². The van der Waals surface area contributed by atoms with Gasteiger partial charge < -0.3 is 9.84 Å². The summed E-state index contributed by atoms with van der Waals surface area (Å²) in [5.74, 6) is 1.89. The molecule has 1 saturated heterocycles. The van der Waals surface area contributed by atoms with Crippen LogP contribution in [0.4, 0.5) is 0 Å². The second-order valence-electron chi connectivity index (χ2n) is 8.53. The Kier molecular flexibility index (Phi) is 4.97. The van der Waals surface area contributed by atoms with E-state index in [0.717, 1.165) is 60.6 Å². The van der Waals surface area contributed by atoms with E-state index in [1.54, 1.807) is 0 Å². The van der Waals surface area contributed by atoms with Gasteiger partial charge in [0, 0.05) is 25.3 Å². The third-order valence-electron chi connectivity index (χ3n) is 6.34. The van der Waals surface area contributed by atoms with Gasteiger partial charge in [0.25, 0.3) is 0 Å². The highest BCUT2D eigenvalue weighted by Crippen LogP contribution is 2.38. The maximum absolute atomic E-state index is 10.7. The molecule has 1 saturated carbocycles. The lowest BCUT2D eigenvalue weighted by Crippen LogP contribution is -2.42. The van der Waals surface area contributed by atoms with Crippen molar-refractivity contribution in [1.82, 2.24) is 18.6 Å². The monoisotopic (exact) mass is 410 g/mol. The van der Waals surface area contributed by atoms with Crippen LogP contribution in [0.3, 0.4) is 0 Å². The van der Waals surface area contributed by atoms with E-state index in [1.165, 1.54) is 17.3 Å². The normalized spacial score (nSPS) is 27.3. The van der Waals surface area contributed by atoms with Crippen LogP contribution in [0, 0.1) is 25.7 Å². The molecule has 0 amide bonds. The molecule has 1 N–H and O–H groups in total. The van der Waals surface area contributed by atoms with Crippen LogP contribution >= 0.6 is 11.7 Å². The number of likely N-dealkylation sites (tertiary alicyclic amines) is 1. The van der Waals surface area contributed by atoms with Crippen molar-refractivity contribution in [2.45, 2.75) is 45.4 Å². The van der Waals surface area contributed by atoms with Gasteiger partial charge in [-0.05, 0) is 68.4 Å². The molecule has 0 unspecified atom stereocenters. The second kappa shape index (κ2) is 7.63. The third kappa shape index (κ3) is 3.86. The molecule has 2 fully saturated rings. The lowest BCUT2D eigenvalue weighted by Gasteiger charge is -2.35. The fourth-order valence-corrected chi connectivity index (χ4v) is 5.41. The number of aromatic nitrogens is 3. The molecule has 29 heavy (non-hydrogen) atoms. The highest BCUT2D eigenvalue weighted by molar-refractivity contribution is 7.00. The Morgan fingerprint density at radius 1 is 1.07 bits per heavy atom. The molecule has 2 aromatic heterocycles. The van der Waals surface area contributed by atoms with Gasteiger partial charge in [-0.15, -0.1) is 0 Å². The molecule has 1 aromatic carbocycles. The zero-order valence-electron chi connectivity index (χ0n) is 16.8. The highest BCUT2D eigenvalue weighted by Gasteiger charge is 2.42. The van der Waals surface area contributed by atoms with Gasteiger partial charge in [0.15, 0.2) is 0 Å². The molecule has 0 radical (unpaired) electrons. The number of nitrogens with zero attached hydrogens (tertiary/aromatic N) is 4. The van der Waals surface area contributed by atoms with Crippen molar-refractivity contribution < 1.29 is 9.84 Å². The lowest BCUT2D eigenvalue weighted by molar-refractivity contribution is -0.0236. The fraction of sp³-hybridized carbons (Fsp3) is 0.500. The van der Waals surface area contributed by atoms with E-state index < -0.39 is 6.10 Å². The van der Waals surface area contributed by atoms with Crippen molar-refractivity contribution in [1.29, 1.82) is 0 Å². The van der Waals surface area contributed by atoms with Crippen LogP contribution < -0.4 is 4.74 Å². The molecule has 0 spiro atoms. The summed E-state index contributed by atoms with van der Waals surface area (Å²) < 4.78 is 14.8. The summed E-state index contributed by atoms with van der Waals surface area (Å²) in [6.07, 6.45) is 1.12. The van der Waals surface area contributed by atoms with Gasteiger partial charge in [-0.3, -0.25) is 9.88 Å². The van der Waals surface area contributed by atoms with Gasteiger partial charge in [0.05, 0.1) is 23.5 Å². The summed E-state index contributed by atoms with van der Waals surface area (Å²) in [5.41, 5.74) is 5.10. The summed E-state index contributed by atoms with van der Waals surface area (Å²) in [5, 5.41) is 10.7. The van der Waals surface area contributed by atoms with E-state index in [2.05, 4.69) is 36.8 Å². The number of aliphatic hydroxyl groups is 1. The number of hydrogen-bond acceptors (Lipinski definition) is 7. The number of pyridine rings is 1. The Balaban J connectivity index is 1.24. The summed E-state index contributed by atoms with van der Waals surface area (Å²) in [6.45, 7) is 6.95. The molecule has 3 aromatic rings. The standard InChI is InChI=1S/C22H26N4O2S/c1-13-3-6-21(14(2)23-13)28-22-9-17-12-26(11-16(17)8-20(22)27)10-15-4-5-18-19(7-15)25-29-24-18/h3-7,16-17,20,22,27H,8-12H2,1-2H3/t16-,17+,20+,22+/m0/s1. The van der Waals surface area contributed by atoms with Crippen LogP contribution in [0.1, 0.15) is 29.8 Å². The predicted octanol–water partition coefficient (Wildman–Crippen LogP) is 3.35. The zero-order chi connectivity index (χ0) is 20.0. The minimum atomic E-state index is -0.422. The average molecular weight is 411 g/mol. The minimum absolute atomic E-state index is 0.156. The summed E-state index contributed by atoms with van der Waals surface area (Å²) in [7, 11) is 0. The molecule has 152 valence electrons. The number of ether oxygens (including phenoxy) is 1. The molecular weight excluding hydrogens is 384 g/mol. The summed E-state index contributed by atoms with van der Waals surface area (Å²) in [4.78, 5) is 6.99. The molecular formula is C22H26N4O2S. The number of aryl methyl sites for hydroxylation is 2. The Bertz CT molecular complexity index is 1020. The van der Waals surface area contributed by atoms with E-state index >= 15 is 0 Å². The number of aliphatic hydroxyl groups excluding tert-OH is 1. The molecule has 4 atom stereocenters. The average Bonchev–Trinajstić information content (AvgIpc) is 3.30. The van der Waals surface area contributed by atoms with Crippen molar-refractivity contribution in [2.24, 2.45) is 11.8 Å². The molecule has 6 nitrogen and oxygen atoms in total. The van der Waals surface area contributed by atoms with Crippen LogP contribution in [0.25, 0.3) is 11.0 Å². The van der Waals surface area contributed by atoms with Crippen molar-refractivity contribution >= 4 is 22.8 Å². The quantitative estimate of drug-likeness (QED) is 0.711. The predicted molar refractivity (Wildman–Crippen MR) is 113 cm³/mol. The van der Waals surface area contributed by atoms with Crippen LogP contribution in [0.5, 0.6) is 5.75 Å². The maximum atomic E-state index is 10.7. The van der Waals surface area contributed by atoms with Crippen LogP contribution in [-0.2, 0) is 6.54 Å². The van der Waals surface area contributed by atoms with Gasteiger partial charge in [0.1, 0.15) is 22.9 Å². The third-order valence-corrected chi connectivity index (χ3v) is 6.90. The Morgan fingerprint density at radius 2 is 1.86 bits per heavy atom. The highest BCUT2D eigenvalue weighted by atomic mass is 32.1. The molecule has 1 aliphatic carbocycles. The van der Waals surface area contributed by atoms with Gasteiger partial charge in [-0.2, -0.15) is 8.75 Å². The minimum Gasteiger partial charge on any atom is -0.486 e. The Morgan fingerprint density at radius 3 is 2.69 bits per heavy atom. The molecule has 2 aliphatic rings. The largest absolute Gasteiger partial charge is 0.486 e. The Hall–Kier alpha value is -2.09. The number of hydrogen-bond donors (Lipinski definition) is 1. The van der Waals surface area contributed by atoms with Gasteiger partial charge >= 0.3 is 0 Å². The van der Waals surface area contributed by atoms with Crippen LogP contribution in [-0.4, -0.2) is 49.0 Å². The fourth-order valence-electron chi connectivity index (χ4n) is 4.89. The first-order chi connectivity index (χ1) is 14.0. The number of rotatable bonds is 4. The maximum Gasteiger partial charge on any atom is 0.141 e. The molecule has 0 bridgehead atoms. The molecule has 7 heteroatoms. The van der Waals surface area contributed by atoms with E-state index in [-0.39, 0.29) is 6.10 Å². The van der Waals surface area contributed by atoms with Crippen LogP contribution in [0.15, 0.2) is 30.3 Å². The number of fused-ring (bicyclic) bond motifs is 2. The molecule has 5 rings (SSSR count). The van der Waals surface area contributed by atoms with E-state index in [9.17, 15) is 5.11 Å². The molecule has 1 aliphatic heterocycles. The van der Waals surface area contributed by atoms with E-state index in [4.69, 9.17) is 4.74 Å². The van der Waals surface area contributed by atoms with Crippen molar-refractivity contribution in [3.8, 4) is 5.75 Å². The Labute approximate surface area is 174 Å². The van der Waals surface area contributed by atoms with E-state index in [0.29, 0.717) is 11.8 Å². The number of benzene rings is 1. The smallest absolute Gasteiger partial charge is 0.141 e. The summed E-state index contributed by atoms with van der Waals surface area (Å²) in [6, 6.07) is 10.3. The zero-order valence-corrected chi connectivity index (χ0v) is 17.6. The van der Waals surface area contributed by atoms with Crippen molar-refractivity contribution in [3.63, 3.8) is 0 Å².